The maximum atomic E-state index is 12.0. The molecule has 0 bridgehead atoms. The average Bonchev–Trinajstić information content (AvgIpc) is 2.90. The fourth-order valence-corrected chi connectivity index (χ4v) is 5.05. The van der Waals surface area contributed by atoms with E-state index in [4.69, 9.17) is 9.84 Å². The first-order chi connectivity index (χ1) is 18.6. The Morgan fingerprint density at radius 1 is 0.579 bits per heavy atom. The molecule has 0 aliphatic rings. The molecular formula is C34H64O4. The molecule has 0 aromatic heterocycles. The lowest BCUT2D eigenvalue weighted by molar-refractivity contribution is -0.153. The summed E-state index contributed by atoms with van der Waals surface area (Å²) in [5, 5.41) is 9.04. The van der Waals surface area contributed by atoms with Gasteiger partial charge in [-0.3, -0.25) is 9.59 Å². The third-order valence-electron chi connectivity index (χ3n) is 7.52. The highest BCUT2D eigenvalue weighted by Gasteiger charge is 2.22. The van der Waals surface area contributed by atoms with Crippen molar-refractivity contribution in [3.8, 4) is 0 Å². The number of allylic oxidation sites excluding steroid dienone is 2. The zero-order valence-electron chi connectivity index (χ0n) is 25.5. The minimum Gasteiger partial charge on any atom is -0.481 e. The van der Waals surface area contributed by atoms with E-state index in [-0.39, 0.29) is 12.4 Å². The van der Waals surface area contributed by atoms with Crippen molar-refractivity contribution in [1.29, 1.82) is 0 Å². The number of aliphatic carboxylic acids is 1. The first-order valence-corrected chi connectivity index (χ1v) is 16.6. The summed E-state index contributed by atoms with van der Waals surface area (Å²) in [6.07, 6.45) is 36.6. The van der Waals surface area contributed by atoms with E-state index < -0.39 is 11.9 Å². The topological polar surface area (TPSA) is 63.6 Å². The summed E-state index contributed by atoms with van der Waals surface area (Å²) in [6, 6.07) is 0. The number of carbonyl (C=O) groups excluding carboxylic acids is 1. The molecular weight excluding hydrogens is 472 g/mol. The zero-order chi connectivity index (χ0) is 27.9. The Kier molecular flexibility index (Phi) is 29.2. The Hall–Kier alpha value is -1.32. The molecule has 0 saturated carbocycles. The number of unbranched alkanes of at least 4 members (excludes halogenated alkanes) is 21. The van der Waals surface area contributed by atoms with E-state index in [9.17, 15) is 9.59 Å². The van der Waals surface area contributed by atoms with Gasteiger partial charge >= 0.3 is 11.9 Å². The van der Waals surface area contributed by atoms with Gasteiger partial charge in [-0.25, -0.2) is 0 Å². The molecule has 0 aliphatic carbocycles. The van der Waals surface area contributed by atoms with Crippen LogP contribution in [0.15, 0.2) is 12.2 Å². The Morgan fingerprint density at radius 2 is 0.974 bits per heavy atom. The first-order valence-electron chi connectivity index (χ1n) is 16.6. The van der Waals surface area contributed by atoms with Crippen LogP contribution in [0.3, 0.4) is 0 Å². The number of carboxylic acid groups (broad SMARTS) is 1. The Labute approximate surface area is 236 Å². The quantitative estimate of drug-likeness (QED) is 0.0563. The van der Waals surface area contributed by atoms with E-state index in [0.717, 1.165) is 19.3 Å². The summed E-state index contributed by atoms with van der Waals surface area (Å²) in [5.74, 6) is -1.74. The third-order valence-corrected chi connectivity index (χ3v) is 7.52. The van der Waals surface area contributed by atoms with Gasteiger partial charge in [-0.05, 0) is 32.1 Å². The van der Waals surface area contributed by atoms with Gasteiger partial charge in [-0.15, -0.1) is 0 Å². The number of hydrogen-bond donors (Lipinski definition) is 1. The van der Waals surface area contributed by atoms with Gasteiger partial charge in [0.1, 0.15) is 0 Å². The molecule has 0 spiro atoms. The first kappa shape index (κ1) is 36.7. The SMILES string of the molecule is CCCC/C=C/CCCCCCCCCCCCCCCCCCCCCC(CC(=O)O)C(=O)OCCC. The average molecular weight is 537 g/mol. The zero-order valence-corrected chi connectivity index (χ0v) is 25.5. The number of hydrogen-bond acceptors (Lipinski definition) is 3. The standard InChI is InChI=1S/C34H64O4/c1-3-5-6-7-8-9-10-11-12-13-14-15-16-17-18-19-20-21-22-23-24-25-26-27-28-29-32(31-33(35)36)34(37)38-30-4-2/h7-8,32H,3-6,9-31H2,1-2H3,(H,35,36)/b8-7+. The van der Waals surface area contributed by atoms with Crippen LogP contribution in [0.4, 0.5) is 0 Å². The summed E-state index contributed by atoms with van der Waals surface area (Å²) >= 11 is 0. The van der Waals surface area contributed by atoms with Gasteiger partial charge in [0.05, 0.1) is 18.9 Å². The second-order valence-electron chi connectivity index (χ2n) is 11.4. The molecule has 0 aromatic rings. The maximum absolute atomic E-state index is 12.0. The summed E-state index contributed by atoms with van der Waals surface area (Å²) in [5.41, 5.74) is 0. The summed E-state index contributed by atoms with van der Waals surface area (Å²) in [4.78, 5) is 23.0. The van der Waals surface area contributed by atoms with Gasteiger partial charge in [0.25, 0.3) is 0 Å². The van der Waals surface area contributed by atoms with Gasteiger partial charge < -0.3 is 9.84 Å². The van der Waals surface area contributed by atoms with Crippen LogP contribution >= 0.6 is 0 Å². The maximum Gasteiger partial charge on any atom is 0.309 e. The Balaban J connectivity index is 3.33. The lowest BCUT2D eigenvalue weighted by Crippen LogP contribution is -2.21. The molecule has 0 heterocycles. The molecule has 224 valence electrons. The smallest absolute Gasteiger partial charge is 0.309 e. The van der Waals surface area contributed by atoms with E-state index in [1.807, 2.05) is 6.92 Å². The lowest BCUT2D eigenvalue weighted by atomic mass is 9.97. The predicted octanol–water partition coefficient (Wildman–Crippen LogP) is 11.0. The molecule has 0 aliphatic heterocycles. The van der Waals surface area contributed by atoms with Gasteiger partial charge in [0, 0.05) is 0 Å². The second kappa shape index (κ2) is 30.2. The summed E-state index contributed by atoms with van der Waals surface area (Å²) in [6.45, 7) is 4.58. The van der Waals surface area contributed by atoms with Crippen LogP contribution < -0.4 is 0 Å². The molecule has 0 aromatic carbocycles. The van der Waals surface area contributed by atoms with Crippen molar-refractivity contribution in [2.45, 2.75) is 181 Å². The molecule has 4 heteroatoms. The molecule has 4 nitrogen and oxygen atoms in total. The van der Waals surface area contributed by atoms with Gasteiger partial charge in [0.2, 0.25) is 0 Å². The van der Waals surface area contributed by atoms with Crippen molar-refractivity contribution < 1.29 is 19.4 Å². The van der Waals surface area contributed by atoms with Crippen molar-refractivity contribution in [3.63, 3.8) is 0 Å². The summed E-state index contributed by atoms with van der Waals surface area (Å²) in [7, 11) is 0. The van der Waals surface area contributed by atoms with Crippen LogP contribution in [0, 0.1) is 5.92 Å². The molecule has 1 atom stereocenters. The highest BCUT2D eigenvalue weighted by Crippen LogP contribution is 2.18. The highest BCUT2D eigenvalue weighted by molar-refractivity contribution is 5.79. The molecule has 0 rings (SSSR count). The predicted molar refractivity (Wildman–Crippen MR) is 163 cm³/mol. The van der Waals surface area contributed by atoms with Gasteiger partial charge in [0.15, 0.2) is 0 Å². The van der Waals surface area contributed by atoms with Crippen molar-refractivity contribution >= 4 is 11.9 Å². The second-order valence-corrected chi connectivity index (χ2v) is 11.4. The van der Waals surface area contributed by atoms with Gasteiger partial charge in [-0.1, -0.05) is 154 Å². The van der Waals surface area contributed by atoms with Gasteiger partial charge in [-0.2, -0.15) is 0 Å². The van der Waals surface area contributed by atoms with Crippen LogP contribution in [0.25, 0.3) is 0 Å². The minimum absolute atomic E-state index is 0.111. The van der Waals surface area contributed by atoms with E-state index in [1.54, 1.807) is 0 Å². The van der Waals surface area contributed by atoms with Crippen molar-refractivity contribution in [2.75, 3.05) is 6.61 Å². The monoisotopic (exact) mass is 536 g/mol. The molecule has 0 fully saturated rings. The van der Waals surface area contributed by atoms with E-state index >= 15 is 0 Å². The molecule has 1 N–H and O–H groups in total. The van der Waals surface area contributed by atoms with Crippen molar-refractivity contribution in [1.82, 2.24) is 0 Å². The fourth-order valence-electron chi connectivity index (χ4n) is 5.05. The fraction of sp³-hybridized carbons (Fsp3) is 0.882. The van der Waals surface area contributed by atoms with Crippen molar-refractivity contribution in [3.05, 3.63) is 12.2 Å². The summed E-state index contributed by atoms with van der Waals surface area (Å²) < 4.78 is 5.16. The van der Waals surface area contributed by atoms with Crippen molar-refractivity contribution in [2.24, 2.45) is 5.92 Å². The largest absolute Gasteiger partial charge is 0.481 e. The Bertz CT molecular complexity index is 543. The van der Waals surface area contributed by atoms with Crippen LogP contribution in [0.5, 0.6) is 0 Å². The van der Waals surface area contributed by atoms with E-state index in [0.29, 0.717) is 13.0 Å². The lowest BCUT2D eigenvalue weighted by Gasteiger charge is -2.13. The minimum atomic E-state index is -0.915. The van der Waals surface area contributed by atoms with E-state index in [2.05, 4.69) is 19.1 Å². The third kappa shape index (κ3) is 27.7. The Morgan fingerprint density at radius 3 is 1.37 bits per heavy atom. The highest BCUT2D eigenvalue weighted by atomic mass is 16.5. The number of carbonyl (C=O) groups is 2. The number of rotatable bonds is 30. The molecule has 38 heavy (non-hydrogen) atoms. The number of ether oxygens (including phenoxy) is 1. The normalized spacial score (nSPS) is 12.3. The molecule has 0 amide bonds. The molecule has 1 unspecified atom stereocenters. The molecule has 0 saturated heterocycles. The number of esters is 1. The van der Waals surface area contributed by atoms with Crippen LogP contribution in [0.2, 0.25) is 0 Å². The number of carboxylic acids is 1. The van der Waals surface area contributed by atoms with E-state index in [1.165, 1.54) is 135 Å². The van der Waals surface area contributed by atoms with Crippen LogP contribution in [-0.4, -0.2) is 23.7 Å². The van der Waals surface area contributed by atoms with Crippen LogP contribution in [-0.2, 0) is 14.3 Å². The van der Waals surface area contributed by atoms with Crippen LogP contribution in [0.1, 0.15) is 181 Å². The molecule has 0 radical (unpaired) electrons.